The van der Waals surface area contributed by atoms with E-state index in [1.807, 2.05) is 6.92 Å². The third-order valence-electron chi connectivity index (χ3n) is 4.35. The third-order valence-corrected chi connectivity index (χ3v) is 6.85. The first kappa shape index (κ1) is 23.7. The zero-order valence-electron chi connectivity index (χ0n) is 17.8. The van der Waals surface area contributed by atoms with Gasteiger partial charge in [0.05, 0.1) is 29.2 Å². The van der Waals surface area contributed by atoms with Crippen molar-refractivity contribution in [3.63, 3.8) is 0 Å². The first-order valence-corrected chi connectivity index (χ1v) is 12.7. The van der Waals surface area contributed by atoms with Gasteiger partial charge in [-0.05, 0) is 37.6 Å². The molecule has 3 aromatic rings. The molecule has 0 bridgehead atoms. The highest BCUT2D eigenvalue weighted by Crippen LogP contribution is 2.23. The van der Waals surface area contributed by atoms with Crippen LogP contribution in [0.3, 0.4) is 0 Å². The number of hydrogen-bond acceptors (Lipinski definition) is 7. The molecule has 10 heteroatoms. The zero-order valence-corrected chi connectivity index (χ0v) is 19.4. The van der Waals surface area contributed by atoms with E-state index in [1.54, 1.807) is 60.0 Å². The number of sulfone groups is 1. The smallest absolute Gasteiger partial charge is 0.326 e. The molecule has 8 nitrogen and oxygen atoms in total. The number of benzene rings is 2. The van der Waals surface area contributed by atoms with Crippen LogP contribution >= 0.6 is 11.3 Å². The molecule has 0 saturated carbocycles. The number of ether oxygens (including phenoxy) is 2. The zero-order chi connectivity index (χ0) is 23.1. The van der Waals surface area contributed by atoms with Crippen LogP contribution < -0.4 is 9.54 Å². The van der Waals surface area contributed by atoms with Crippen LogP contribution in [0.4, 0.5) is 0 Å². The number of fused-ring (bicyclic) bond motifs is 1. The summed E-state index contributed by atoms with van der Waals surface area (Å²) in [7, 11) is -3.70. The standard InChI is InChI=1S/C22H24N2O6S2/c1-3-29-17-10-11-18-19(12-17)31-22(24(18)13-21(26)30-4-2)23-20(25)15-32(27,28)14-16-8-6-5-7-9-16/h5-12H,3-4,13-15H2,1-2H3. The van der Waals surface area contributed by atoms with Gasteiger partial charge in [-0.2, -0.15) is 4.99 Å². The lowest BCUT2D eigenvalue weighted by molar-refractivity contribution is -0.143. The van der Waals surface area contributed by atoms with E-state index in [0.29, 0.717) is 23.4 Å². The number of nitrogens with zero attached hydrogens (tertiary/aromatic N) is 2. The van der Waals surface area contributed by atoms with Crippen LogP contribution in [0.1, 0.15) is 19.4 Å². The van der Waals surface area contributed by atoms with E-state index in [1.165, 1.54) is 11.3 Å². The molecule has 2 aromatic carbocycles. The average Bonchev–Trinajstić information content (AvgIpc) is 3.04. The maximum Gasteiger partial charge on any atom is 0.326 e. The molecule has 0 aliphatic rings. The predicted molar refractivity (Wildman–Crippen MR) is 122 cm³/mol. The Morgan fingerprint density at radius 2 is 1.81 bits per heavy atom. The first-order chi connectivity index (χ1) is 15.3. The second-order valence-electron chi connectivity index (χ2n) is 6.86. The molecule has 0 unspecified atom stereocenters. The summed E-state index contributed by atoms with van der Waals surface area (Å²) in [6.45, 7) is 4.14. The molecule has 1 amide bonds. The van der Waals surface area contributed by atoms with Gasteiger partial charge in [0.2, 0.25) is 0 Å². The van der Waals surface area contributed by atoms with E-state index in [-0.39, 0.29) is 23.7 Å². The van der Waals surface area contributed by atoms with Gasteiger partial charge in [0.15, 0.2) is 14.6 Å². The highest BCUT2D eigenvalue weighted by Gasteiger charge is 2.18. The van der Waals surface area contributed by atoms with Crippen LogP contribution in [0.15, 0.2) is 53.5 Å². The molecule has 32 heavy (non-hydrogen) atoms. The fourth-order valence-corrected chi connectivity index (χ4v) is 5.41. The van der Waals surface area contributed by atoms with E-state index in [4.69, 9.17) is 9.47 Å². The number of esters is 1. The van der Waals surface area contributed by atoms with Gasteiger partial charge in [-0.25, -0.2) is 8.42 Å². The number of carbonyl (C=O) groups is 2. The molecule has 3 rings (SSSR count). The van der Waals surface area contributed by atoms with E-state index in [2.05, 4.69) is 4.99 Å². The van der Waals surface area contributed by atoms with Crippen LogP contribution in [0.2, 0.25) is 0 Å². The summed E-state index contributed by atoms with van der Waals surface area (Å²) < 4.78 is 37.8. The third kappa shape index (κ3) is 6.27. The molecule has 0 radical (unpaired) electrons. The maximum atomic E-state index is 12.5. The molecule has 1 heterocycles. The van der Waals surface area contributed by atoms with E-state index in [0.717, 1.165) is 4.70 Å². The number of hydrogen-bond donors (Lipinski definition) is 0. The summed E-state index contributed by atoms with van der Waals surface area (Å²) in [5, 5.41) is 0. The largest absolute Gasteiger partial charge is 0.494 e. The monoisotopic (exact) mass is 476 g/mol. The number of rotatable bonds is 9. The fraction of sp³-hybridized carbons (Fsp3) is 0.318. The van der Waals surface area contributed by atoms with Crippen molar-refractivity contribution in [1.29, 1.82) is 0 Å². The van der Waals surface area contributed by atoms with Crippen molar-refractivity contribution < 1.29 is 27.5 Å². The van der Waals surface area contributed by atoms with E-state index >= 15 is 0 Å². The lowest BCUT2D eigenvalue weighted by Gasteiger charge is -2.06. The Kier molecular flexibility index (Phi) is 7.81. The minimum absolute atomic E-state index is 0.148. The SMILES string of the molecule is CCOC(=O)Cn1c(=NC(=O)CS(=O)(=O)Cc2ccccc2)sc2cc(OCC)ccc21. The van der Waals surface area contributed by atoms with E-state index in [9.17, 15) is 18.0 Å². The molecule has 0 N–H and O–H groups in total. The summed E-state index contributed by atoms with van der Waals surface area (Å²) in [4.78, 5) is 28.9. The molecule has 0 saturated heterocycles. The second kappa shape index (κ2) is 10.6. The summed E-state index contributed by atoms with van der Waals surface area (Å²) in [5.74, 6) is -1.60. The number of amides is 1. The number of thiazole rings is 1. The lowest BCUT2D eigenvalue weighted by Crippen LogP contribution is -2.25. The van der Waals surface area contributed by atoms with Crippen molar-refractivity contribution in [2.24, 2.45) is 4.99 Å². The lowest BCUT2D eigenvalue weighted by atomic mass is 10.2. The maximum absolute atomic E-state index is 12.5. The van der Waals surface area contributed by atoms with Gasteiger partial charge in [0.1, 0.15) is 18.0 Å². The molecule has 1 aromatic heterocycles. The Bertz CT molecular complexity index is 1280. The van der Waals surface area contributed by atoms with Crippen LogP contribution in [-0.2, 0) is 36.5 Å². The Hall–Kier alpha value is -2.98. The van der Waals surface area contributed by atoms with E-state index < -0.39 is 27.5 Å². The van der Waals surface area contributed by atoms with Gasteiger partial charge in [0.25, 0.3) is 5.91 Å². The average molecular weight is 477 g/mol. The predicted octanol–water partition coefficient (Wildman–Crippen LogP) is 2.71. The molecule has 0 aliphatic carbocycles. The Balaban J connectivity index is 1.93. The summed E-state index contributed by atoms with van der Waals surface area (Å²) in [6, 6.07) is 14.0. The number of carbonyl (C=O) groups excluding carboxylic acids is 2. The normalized spacial score (nSPS) is 12.1. The van der Waals surface area contributed by atoms with Crippen molar-refractivity contribution in [3.8, 4) is 5.75 Å². The van der Waals surface area contributed by atoms with Gasteiger partial charge in [-0.1, -0.05) is 41.7 Å². The van der Waals surface area contributed by atoms with Crippen molar-refractivity contribution in [2.75, 3.05) is 19.0 Å². The molecular formula is C22H24N2O6S2. The molecule has 0 atom stereocenters. The molecule has 0 aliphatic heterocycles. The van der Waals surface area contributed by atoms with Crippen LogP contribution in [0.25, 0.3) is 10.2 Å². The van der Waals surface area contributed by atoms with Gasteiger partial charge < -0.3 is 14.0 Å². The topological polar surface area (TPSA) is 104 Å². The fourth-order valence-electron chi connectivity index (χ4n) is 3.09. The van der Waals surface area contributed by atoms with Crippen LogP contribution in [0.5, 0.6) is 5.75 Å². The quantitative estimate of drug-likeness (QED) is 0.440. The summed E-state index contributed by atoms with van der Waals surface area (Å²) in [5.41, 5.74) is 1.27. The van der Waals surface area contributed by atoms with Crippen molar-refractivity contribution in [1.82, 2.24) is 4.57 Å². The van der Waals surface area contributed by atoms with Gasteiger partial charge in [0, 0.05) is 0 Å². The van der Waals surface area contributed by atoms with Gasteiger partial charge in [-0.3, -0.25) is 9.59 Å². The molecule has 0 spiro atoms. The highest BCUT2D eigenvalue weighted by atomic mass is 32.2. The van der Waals surface area contributed by atoms with Gasteiger partial charge in [-0.15, -0.1) is 0 Å². The minimum atomic E-state index is -3.70. The molecule has 0 fully saturated rings. The molecule has 170 valence electrons. The Morgan fingerprint density at radius 1 is 1.06 bits per heavy atom. The van der Waals surface area contributed by atoms with Crippen LogP contribution in [0, 0.1) is 0 Å². The molecular weight excluding hydrogens is 452 g/mol. The Morgan fingerprint density at radius 3 is 2.50 bits per heavy atom. The summed E-state index contributed by atoms with van der Waals surface area (Å²) >= 11 is 1.18. The van der Waals surface area contributed by atoms with Crippen molar-refractivity contribution in [2.45, 2.75) is 26.1 Å². The van der Waals surface area contributed by atoms with Gasteiger partial charge >= 0.3 is 5.97 Å². The van der Waals surface area contributed by atoms with Crippen molar-refractivity contribution in [3.05, 3.63) is 58.9 Å². The number of aromatic nitrogens is 1. The highest BCUT2D eigenvalue weighted by molar-refractivity contribution is 7.91. The second-order valence-corrected chi connectivity index (χ2v) is 9.94. The first-order valence-electron chi connectivity index (χ1n) is 10.0. The minimum Gasteiger partial charge on any atom is -0.494 e. The van der Waals surface area contributed by atoms with Crippen molar-refractivity contribution >= 4 is 43.3 Å². The summed E-state index contributed by atoms with van der Waals surface area (Å²) in [6.07, 6.45) is 0. The van der Waals surface area contributed by atoms with Crippen LogP contribution in [-0.4, -0.2) is 43.8 Å². The Labute approximate surface area is 190 Å².